The van der Waals surface area contributed by atoms with Crippen molar-refractivity contribution in [1.29, 1.82) is 0 Å². The van der Waals surface area contributed by atoms with E-state index >= 15 is 0 Å². The predicted octanol–water partition coefficient (Wildman–Crippen LogP) is 4.93. The minimum Gasteiger partial charge on any atom is -0.334 e. The topological polar surface area (TPSA) is 49.4 Å². The van der Waals surface area contributed by atoms with Crippen molar-refractivity contribution in [2.45, 2.75) is 38.1 Å². The number of amides is 2. The van der Waals surface area contributed by atoms with E-state index in [-0.39, 0.29) is 11.8 Å². The molecule has 30 heavy (non-hydrogen) atoms. The van der Waals surface area contributed by atoms with Gasteiger partial charge in [0.1, 0.15) is 0 Å². The van der Waals surface area contributed by atoms with Crippen LogP contribution in [0.4, 0.5) is 5.69 Å². The van der Waals surface area contributed by atoms with E-state index in [0.717, 1.165) is 42.6 Å². The number of benzene rings is 2. The number of rotatable bonds is 4. The number of nitrogens with zero attached hydrogens (tertiary/aromatic N) is 1. The van der Waals surface area contributed by atoms with Crippen LogP contribution in [-0.2, 0) is 23.2 Å². The molecule has 1 aromatic heterocycles. The van der Waals surface area contributed by atoms with Crippen LogP contribution in [0.1, 0.15) is 44.8 Å². The number of thiophene rings is 1. The molecular weight excluding hydrogens is 392 g/mol. The quantitative estimate of drug-likeness (QED) is 0.656. The van der Waals surface area contributed by atoms with E-state index in [0.29, 0.717) is 12.1 Å². The van der Waals surface area contributed by atoms with Crippen LogP contribution in [0, 0.1) is 6.92 Å². The minimum absolute atomic E-state index is 0.0160. The Morgan fingerprint density at radius 2 is 1.83 bits per heavy atom. The second-order valence-corrected chi connectivity index (χ2v) is 9.23. The second kappa shape index (κ2) is 7.40. The first kappa shape index (κ1) is 19.1. The second-order valence-electron chi connectivity index (χ2n) is 8.23. The fourth-order valence-corrected chi connectivity index (χ4v) is 5.26. The highest BCUT2D eigenvalue weighted by Crippen LogP contribution is 2.49. The number of carbonyl (C=O) groups is 2. The van der Waals surface area contributed by atoms with Gasteiger partial charge in [-0.1, -0.05) is 36.4 Å². The van der Waals surface area contributed by atoms with Gasteiger partial charge in [0.15, 0.2) is 0 Å². The maximum absolute atomic E-state index is 13.2. The molecule has 1 N–H and O–H groups in total. The zero-order chi connectivity index (χ0) is 20.7. The zero-order valence-electron chi connectivity index (χ0n) is 17.0. The normalized spacial score (nSPS) is 16.6. The number of carbonyl (C=O) groups excluding carboxylic acids is 2. The lowest BCUT2D eigenvalue weighted by Gasteiger charge is -2.28. The molecule has 1 aliphatic heterocycles. The van der Waals surface area contributed by atoms with Gasteiger partial charge < -0.3 is 10.2 Å². The third kappa shape index (κ3) is 3.23. The minimum atomic E-state index is -0.435. The van der Waals surface area contributed by atoms with Gasteiger partial charge in [-0.15, -0.1) is 11.3 Å². The van der Waals surface area contributed by atoms with Gasteiger partial charge in [-0.3, -0.25) is 9.59 Å². The summed E-state index contributed by atoms with van der Waals surface area (Å²) in [4.78, 5) is 29.7. The Kier molecular flexibility index (Phi) is 4.70. The van der Waals surface area contributed by atoms with Crippen LogP contribution in [0.5, 0.6) is 0 Å². The molecule has 2 heterocycles. The van der Waals surface area contributed by atoms with E-state index in [4.69, 9.17) is 0 Å². The third-order valence-corrected chi connectivity index (χ3v) is 7.44. The molecule has 1 aliphatic carbocycles. The molecular formula is C25H24N2O2S. The molecule has 5 rings (SSSR count). The number of hydrogen-bond donors (Lipinski definition) is 1. The number of nitrogens with one attached hydrogen (secondary N) is 1. The average Bonchev–Trinajstić information content (AvgIpc) is 3.46. The fourth-order valence-electron chi connectivity index (χ4n) is 4.37. The summed E-state index contributed by atoms with van der Waals surface area (Å²) in [5, 5.41) is 5.21. The fraction of sp³-hybridized carbons (Fsp3) is 0.280. The summed E-state index contributed by atoms with van der Waals surface area (Å²) in [5.74, 6) is 0.0481. The number of fused-ring (bicyclic) bond motifs is 1. The molecule has 1 saturated carbocycles. The van der Waals surface area contributed by atoms with Crippen molar-refractivity contribution in [2.24, 2.45) is 0 Å². The SMILES string of the molecule is Cc1c(NC(=O)C2(c3ccccc3)CC2)cccc1C(=O)N1CCc2sccc2C1. The lowest BCUT2D eigenvalue weighted by atomic mass is 9.94. The van der Waals surface area contributed by atoms with Crippen LogP contribution in [0.3, 0.4) is 0 Å². The molecule has 152 valence electrons. The summed E-state index contributed by atoms with van der Waals surface area (Å²) >= 11 is 1.77. The van der Waals surface area contributed by atoms with Crippen molar-refractivity contribution < 1.29 is 9.59 Å². The molecule has 2 aliphatic rings. The number of hydrogen-bond acceptors (Lipinski definition) is 3. The summed E-state index contributed by atoms with van der Waals surface area (Å²) in [6, 6.07) is 17.7. The van der Waals surface area contributed by atoms with Gasteiger partial charge in [0.2, 0.25) is 5.91 Å². The summed E-state index contributed by atoms with van der Waals surface area (Å²) in [6.07, 6.45) is 2.63. The third-order valence-electron chi connectivity index (χ3n) is 6.42. The monoisotopic (exact) mass is 416 g/mol. The Bertz CT molecular complexity index is 1120. The van der Waals surface area contributed by atoms with Crippen molar-refractivity contribution >= 4 is 28.8 Å². The molecule has 0 radical (unpaired) electrons. The first-order valence-corrected chi connectivity index (χ1v) is 11.3. The molecule has 0 saturated heterocycles. The first-order valence-electron chi connectivity index (χ1n) is 10.4. The maximum Gasteiger partial charge on any atom is 0.254 e. The van der Waals surface area contributed by atoms with Gasteiger partial charge in [-0.05, 0) is 66.5 Å². The van der Waals surface area contributed by atoms with Crippen molar-refractivity contribution in [1.82, 2.24) is 4.90 Å². The molecule has 0 atom stereocenters. The van der Waals surface area contributed by atoms with Crippen LogP contribution >= 0.6 is 11.3 Å². The van der Waals surface area contributed by atoms with Gasteiger partial charge >= 0.3 is 0 Å². The van der Waals surface area contributed by atoms with Crippen LogP contribution in [-0.4, -0.2) is 23.3 Å². The Morgan fingerprint density at radius 3 is 2.60 bits per heavy atom. The molecule has 1 fully saturated rings. The highest BCUT2D eigenvalue weighted by molar-refractivity contribution is 7.10. The van der Waals surface area contributed by atoms with Crippen LogP contribution in [0.25, 0.3) is 0 Å². The standard InChI is InChI=1S/C25H24N2O2S/c1-17-20(23(28)27-14-10-22-18(16-27)11-15-30-22)8-5-9-21(17)26-24(29)25(12-13-25)19-6-3-2-4-7-19/h2-9,11,15H,10,12-14,16H2,1H3,(H,26,29). The highest BCUT2D eigenvalue weighted by Gasteiger charge is 2.51. The van der Waals surface area contributed by atoms with E-state index in [1.54, 1.807) is 11.3 Å². The van der Waals surface area contributed by atoms with Crippen LogP contribution in [0.2, 0.25) is 0 Å². The molecule has 0 spiro atoms. The van der Waals surface area contributed by atoms with E-state index in [1.165, 1.54) is 10.4 Å². The highest BCUT2D eigenvalue weighted by atomic mass is 32.1. The van der Waals surface area contributed by atoms with Crippen LogP contribution < -0.4 is 5.32 Å². The van der Waals surface area contributed by atoms with Crippen LogP contribution in [0.15, 0.2) is 60.0 Å². The van der Waals surface area contributed by atoms with Gasteiger partial charge in [0.05, 0.1) is 5.41 Å². The molecule has 4 nitrogen and oxygen atoms in total. The molecule has 5 heteroatoms. The van der Waals surface area contributed by atoms with Gasteiger partial charge in [0, 0.05) is 29.2 Å². The van der Waals surface area contributed by atoms with E-state index in [1.807, 2.05) is 60.4 Å². The Balaban J connectivity index is 1.36. The largest absolute Gasteiger partial charge is 0.334 e. The van der Waals surface area contributed by atoms with Crippen molar-refractivity contribution in [2.75, 3.05) is 11.9 Å². The molecule has 3 aromatic rings. The van der Waals surface area contributed by atoms with E-state index in [9.17, 15) is 9.59 Å². The van der Waals surface area contributed by atoms with E-state index in [2.05, 4.69) is 16.8 Å². The molecule has 0 bridgehead atoms. The number of anilines is 1. The van der Waals surface area contributed by atoms with Gasteiger partial charge in [-0.25, -0.2) is 0 Å². The van der Waals surface area contributed by atoms with Crippen molar-refractivity contribution in [3.63, 3.8) is 0 Å². The Hall–Kier alpha value is -2.92. The molecule has 2 amide bonds. The maximum atomic E-state index is 13.2. The van der Waals surface area contributed by atoms with Gasteiger partial charge in [-0.2, -0.15) is 0 Å². The first-order chi connectivity index (χ1) is 14.6. The Labute approximate surface area is 180 Å². The molecule has 2 aromatic carbocycles. The summed E-state index contributed by atoms with van der Waals surface area (Å²) in [5.41, 5.74) is 4.09. The average molecular weight is 417 g/mol. The molecule has 0 unspecified atom stereocenters. The summed E-state index contributed by atoms with van der Waals surface area (Å²) in [6.45, 7) is 3.31. The summed E-state index contributed by atoms with van der Waals surface area (Å²) in [7, 11) is 0. The Morgan fingerprint density at radius 1 is 1.03 bits per heavy atom. The van der Waals surface area contributed by atoms with E-state index < -0.39 is 5.41 Å². The predicted molar refractivity (Wildman–Crippen MR) is 120 cm³/mol. The summed E-state index contributed by atoms with van der Waals surface area (Å²) < 4.78 is 0. The zero-order valence-corrected chi connectivity index (χ0v) is 17.8. The lowest BCUT2D eigenvalue weighted by molar-refractivity contribution is -0.118. The lowest BCUT2D eigenvalue weighted by Crippen LogP contribution is -2.36. The van der Waals surface area contributed by atoms with Gasteiger partial charge in [0.25, 0.3) is 5.91 Å². The van der Waals surface area contributed by atoms with Crippen molar-refractivity contribution in [3.8, 4) is 0 Å². The smallest absolute Gasteiger partial charge is 0.254 e. The van der Waals surface area contributed by atoms with Crippen molar-refractivity contribution in [3.05, 3.63) is 87.1 Å².